The average Bonchev–Trinajstić information content (AvgIpc) is 1.64. The maximum Gasteiger partial charge on any atom is 0.119 e. The van der Waals surface area contributed by atoms with E-state index < -0.39 is 0 Å². The lowest BCUT2D eigenvalue weighted by Crippen LogP contribution is -2.13. The number of hydrogen-bond donors (Lipinski definition) is 1. The van der Waals surface area contributed by atoms with Gasteiger partial charge in [0.25, 0.3) is 0 Å². The van der Waals surface area contributed by atoms with Crippen LogP contribution >= 0.6 is 15.9 Å². The van der Waals surface area contributed by atoms with Gasteiger partial charge in [-0.25, -0.2) is 0 Å². The molecule has 44 valence electrons. The number of rotatable bonds is 0. The molecule has 0 radical (unpaired) electrons. The lowest BCUT2D eigenvalue weighted by molar-refractivity contribution is 0.936. The summed E-state index contributed by atoms with van der Waals surface area (Å²) in [5.41, 5.74) is 5.36. The van der Waals surface area contributed by atoms with Crippen LogP contribution in [-0.2, 0) is 0 Å². The first-order valence-electron chi connectivity index (χ1n) is 2.43. The van der Waals surface area contributed by atoms with Crippen LogP contribution in [-0.4, -0.2) is 10.8 Å². The molecule has 0 saturated carbocycles. The summed E-state index contributed by atoms with van der Waals surface area (Å²) in [7, 11) is 0. The van der Waals surface area contributed by atoms with Gasteiger partial charge in [0.1, 0.15) is 10.8 Å². The zero-order valence-electron chi connectivity index (χ0n) is 4.34. The third-order valence-electron chi connectivity index (χ3n) is 0.908. The van der Waals surface area contributed by atoms with Gasteiger partial charge in [-0.1, -0.05) is 22.0 Å². The predicted molar refractivity (Wildman–Crippen MR) is 38.1 cm³/mol. The van der Waals surface area contributed by atoms with Gasteiger partial charge in [0.05, 0.1) is 0 Å². The highest BCUT2D eigenvalue weighted by atomic mass is 79.9. The minimum atomic E-state index is 0.201. The first-order valence-corrected chi connectivity index (χ1v) is 3.34. The minimum Gasteiger partial charge on any atom is -0.384 e. The Labute approximate surface area is 56.6 Å². The Morgan fingerprint density at radius 1 is 1.88 bits per heavy atom. The Morgan fingerprint density at radius 2 is 2.62 bits per heavy atom. The highest BCUT2D eigenvalue weighted by Gasteiger charge is 2.01. The van der Waals surface area contributed by atoms with Crippen molar-refractivity contribution in [1.82, 2.24) is 0 Å². The Morgan fingerprint density at radius 3 is 3.00 bits per heavy atom. The number of nitrogens with two attached hydrogens (primary N) is 1. The molecule has 1 heterocycles. The van der Waals surface area contributed by atoms with E-state index in [0.717, 1.165) is 6.42 Å². The molecule has 8 heavy (non-hydrogen) atoms. The molecule has 3 heteroatoms. The summed E-state index contributed by atoms with van der Waals surface area (Å²) >= 11 is 3.31. The third-order valence-corrected chi connectivity index (χ3v) is 1.49. The molecule has 0 fully saturated rings. The Hall–Kier alpha value is -0.310. The standard InChI is InChI=1S/C5H7BrN2/c6-4-2-1-3-5(7)8-4/h1,3-4H,2H2,(H2,7,8)/t4-/m1/s1. The Balaban J connectivity index is 2.63. The molecule has 1 atom stereocenters. The number of aliphatic imine (C=N–C) groups is 1. The van der Waals surface area contributed by atoms with Gasteiger partial charge >= 0.3 is 0 Å². The molecule has 0 saturated heterocycles. The van der Waals surface area contributed by atoms with E-state index in [1.807, 2.05) is 12.2 Å². The van der Waals surface area contributed by atoms with Gasteiger partial charge < -0.3 is 5.73 Å². The second-order valence-electron chi connectivity index (χ2n) is 1.63. The second-order valence-corrected chi connectivity index (χ2v) is 2.68. The molecular weight excluding hydrogens is 168 g/mol. The van der Waals surface area contributed by atoms with Crippen LogP contribution in [0.15, 0.2) is 17.1 Å². The van der Waals surface area contributed by atoms with Crippen LogP contribution in [0.4, 0.5) is 0 Å². The van der Waals surface area contributed by atoms with Crippen molar-refractivity contribution in [3.63, 3.8) is 0 Å². The van der Waals surface area contributed by atoms with E-state index in [0.29, 0.717) is 5.84 Å². The number of dihydropyridines is 1. The number of alkyl halides is 1. The van der Waals surface area contributed by atoms with E-state index in [9.17, 15) is 0 Å². The van der Waals surface area contributed by atoms with E-state index in [1.54, 1.807) is 0 Å². The molecule has 1 aliphatic heterocycles. The van der Waals surface area contributed by atoms with Crippen molar-refractivity contribution in [2.75, 3.05) is 0 Å². The molecule has 0 aromatic carbocycles. The van der Waals surface area contributed by atoms with Gasteiger partial charge in [0, 0.05) is 0 Å². The molecule has 0 bridgehead atoms. The van der Waals surface area contributed by atoms with E-state index in [-0.39, 0.29) is 4.95 Å². The number of nitrogens with zero attached hydrogens (tertiary/aromatic N) is 1. The lowest BCUT2D eigenvalue weighted by atomic mass is 10.3. The van der Waals surface area contributed by atoms with Gasteiger partial charge in [-0.05, 0) is 12.5 Å². The van der Waals surface area contributed by atoms with Crippen molar-refractivity contribution in [2.24, 2.45) is 10.7 Å². The molecule has 0 aliphatic carbocycles. The summed E-state index contributed by atoms with van der Waals surface area (Å²) in [5.74, 6) is 0.609. The number of amidine groups is 1. The van der Waals surface area contributed by atoms with Crippen LogP contribution in [0.25, 0.3) is 0 Å². The predicted octanol–water partition coefficient (Wildman–Crippen LogP) is 1.02. The van der Waals surface area contributed by atoms with Crippen LogP contribution in [0.1, 0.15) is 6.42 Å². The van der Waals surface area contributed by atoms with Gasteiger partial charge in [0.2, 0.25) is 0 Å². The molecule has 0 aromatic heterocycles. The average molecular weight is 175 g/mol. The summed E-state index contributed by atoms with van der Waals surface area (Å²) in [6.07, 6.45) is 4.76. The molecule has 2 nitrogen and oxygen atoms in total. The van der Waals surface area contributed by atoms with Crippen molar-refractivity contribution in [3.8, 4) is 0 Å². The van der Waals surface area contributed by atoms with Crippen LogP contribution in [0.3, 0.4) is 0 Å². The number of halogens is 1. The van der Waals surface area contributed by atoms with E-state index in [4.69, 9.17) is 5.73 Å². The fourth-order valence-corrected chi connectivity index (χ4v) is 1.01. The van der Waals surface area contributed by atoms with Gasteiger partial charge in [0.15, 0.2) is 0 Å². The maximum absolute atomic E-state index is 5.36. The summed E-state index contributed by atoms with van der Waals surface area (Å²) in [5, 5.41) is 0. The minimum absolute atomic E-state index is 0.201. The highest BCUT2D eigenvalue weighted by molar-refractivity contribution is 9.09. The zero-order valence-corrected chi connectivity index (χ0v) is 5.93. The Kier molecular flexibility index (Phi) is 1.68. The van der Waals surface area contributed by atoms with E-state index in [2.05, 4.69) is 20.9 Å². The van der Waals surface area contributed by atoms with Crippen LogP contribution in [0.2, 0.25) is 0 Å². The molecular formula is C5H7BrN2. The van der Waals surface area contributed by atoms with Crippen molar-refractivity contribution < 1.29 is 0 Å². The second kappa shape index (κ2) is 2.31. The van der Waals surface area contributed by atoms with Gasteiger partial charge in [-0.3, -0.25) is 4.99 Å². The molecule has 1 rings (SSSR count). The summed E-state index contributed by atoms with van der Waals surface area (Å²) in [4.78, 5) is 4.21. The van der Waals surface area contributed by atoms with Crippen molar-refractivity contribution in [2.45, 2.75) is 11.4 Å². The smallest absolute Gasteiger partial charge is 0.119 e. The topological polar surface area (TPSA) is 38.4 Å². The maximum atomic E-state index is 5.36. The van der Waals surface area contributed by atoms with Crippen LogP contribution in [0.5, 0.6) is 0 Å². The molecule has 2 N–H and O–H groups in total. The van der Waals surface area contributed by atoms with Gasteiger partial charge in [-0.15, -0.1) is 0 Å². The normalized spacial score (nSPS) is 27.6. The van der Waals surface area contributed by atoms with Crippen LogP contribution in [0, 0.1) is 0 Å². The highest BCUT2D eigenvalue weighted by Crippen LogP contribution is 2.10. The molecule has 0 unspecified atom stereocenters. The summed E-state index contributed by atoms with van der Waals surface area (Å²) in [6, 6.07) is 0. The summed E-state index contributed by atoms with van der Waals surface area (Å²) < 4.78 is 0. The lowest BCUT2D eigenvalue weighted by Gasteiger charge is -2.05. The van der Waals surface area contributed by atoms with Crippen molar-refractivity contribution in [3.05, 3.63) is 12.2 Å². The van der Waals surface area contributed by atoms with Gasteiger partial charge in [-0.2, -0.15) is 0 Å². The third kappa shape index (κ3) is 1.33. The van der Waals surface area contributed by atoms with E-state index >= 15 is 0 Å². The first-order chi connectivity index (χ1) is 3.79. The molecule has 0 spiro atoms. The van der Waals surface area contributed by atoms with E-state index in [1.165, 1.54) is 0 Å². The fraction of sp³-hybridized carbons (Fsp3) is 0.400. The summed E-state index contributed by atoms with van der Waals surface area (Å²) in [6.45, 7) is 0. The monoisotopic (exact) mass is 174 g/mol. The van der Waals surface area contributed by atoms with Crippen molar-refractivity contribution >= 4 is 21.8 Å². The zero-order chi connectivity index (χ0) is 5.98. The molecule has 0 amide bonds. The molecule has 0 aromatic rings. The largest absolute Gasteiger partial charge is 0.384 e. The number of hydrogen-bond acceptors (Lipinski definition) is 2. The van der Waals surface area contributed by atoms with Crippen LogP contribution < -0.4 is 5.73 Å². The Bertz CT molecular complexity index is 139. The quantitative estimate of drug-likeness (QED) is 0.433. The fourth-order valence-electron chi connectivity index (χ4n) is 0.559. The first kappa shape index (κ1) is 5.82. The molecule has 1 aliphatic rings. The van der Waals surface area contributed by atoms with Crippen molar-refractivity contribution in [1.29, 1.82) is 0 Å². The SMILES string of the molecule is NC1=N[C@@H](Br)CC=C1.